The summed E-state index contributed by atoms with van der Waals surface area (Å²) in [6, 6.07) is 7.18. The molecule has 0 bridgehead atoms. The summed E-state index contributed by atoms with van der Waals surface area (Å²) in [5.41, 5.74) is 2.79. The Balaban J connectivity index is 1.71. The van der Waals surface area contributed by atoms with E-state index in [0.29, 0.717) is 17.8 Å². The van der Waals surface area contributed by atoms with Crippen molar-refractivity contribution in [1.29, 1.82) is 0 Å². The lowest BCUT2D eigenvalue weighted by atomic mass is 10.1. The summed E-state index contributed by atoms with van der Waals surface area (Å²) in [5, 5.41) is 3.61. The standard InChI is InChI=1S/C24H30N4O2S/c1-5-18-8-10-19(11-9-18)25-22(29)16(3)28-20(14-27-12-6-7-13-27)26-23-21(24(28)30)15(2)17(4)31-23/h8-11,16H,5-7,12-14H2,1-4H3,(H,25,29). The van der Waals surface area contributed by atoms with Crippen LogP contribution in [0, 0.1) is 13.8 Å². The summed E-state index contributed by atoms with van der Waals surface area (Å²) in [4.78, 5) is 35.7. The van der Waals surface area contributed by atoms with Crippen molar-refractivity contribution >= 4 is 33.1 Å². The lowest BCUT2D eigenvalue weighted by Gasteiger charge is -2.22. The van der Waals surface area contributed by atoms with E-state index in [2.05, 4.69) is 17.1 Å². The van der Waals surface area contributed by atoms with Gasteiger partial charge < -0.3 is 5.32 Å². The molecule has 1 aliphatic rings. The Morgan fingerprint density at radius 2 is 1.87 bits per heavy atom. The lowest BCUT2D eigenvalue weighted by molar-refractivity contribution is -0.119. The number of nitrogens with zero attached hydrogens (tertiary/aromatic N) is 3. The Morgan fingerprint density at radius 1 is 1.19 bits per heavy atom. The summed E-state index contributed by atoms with van der Waals surface area (Å²) >= 11 is 1.56. The molecule has 3 aromatic rings. The van der Waals surface area contributed by atoms with Crippen molar-refractivity contribution in [1.82, 2.24) is 14.5 Å². The lowest BCUT2D eigenvalue weighted by Crippen LogP contribution is -2.36. The van der Waals surface area contributed by atoms with Crippen LogP contribution in [-0.2, 0) is 17.8 Å². The average Bonchev–Trinajstić information content (AvgIpc) is 3.36. The van der Waals surface area contributed by atoms with Crippen LogP contribution in [0.1, 0.15) is 54.6 Å². The van der Waals surface area contributed by atoms with Gasteiger partial charge in [0.05, 0.1) is 11.9 Å². The third-order valence-corrected chi connectivity index (χ3v) is 7.37. The van der Waals surface area contributed by atoms with Crippen LogP contribution in [0.15, 0.2) is 29.1 Å². The quantitative estimate of drug-likeness (QED) is 0.618. The summed E-state index contributed by atoms with van der Waals surface area (Å²) in [6.45, 7) is 10.4. The predicted octanol–water partition coefficient (Wildman–Crippen LogP) is 4.43. The second-order valence-corrected chi connectivity index (χ2v) is 9.57. The molecule has 1 aliphatic heterocycles. The van der Waals surface area contributed by atoms with Gasteiger partial charge in [-0.05, 0) is 76.4 Å². The molecule has 0 saturated carbocycles. The van der Waals surface area contributed by atoms with E-state index in [4.69, 9.17) is 4.98 Å². The van der Waals surface area contributed by atoms with Gasteiger partial charge >= 0.3 is 0 Å². The van der Waals surface area contributed by atoms with Gasteiger partial charge in [-0.1, -0.05) is 19.1 Å². The highest BCUT2D eigenvalue weighted by Crippen LogP contribution is 2.28. The summed E-state index contributed by atoms with van der Waals surface area (Å²) in [7, 11) is 0. The fourth-order valence-corrected chi connectivity index (χ4v) is 5.23. The van der Waals surface area contributed by atoms with Gasteiger partial charge in [-0.3, -0.25) is 19.1 Å². The monoisotopic (exact) mass is 438 g/mol. The highest BCUT2D eigenvalue weighted by molar-refractivity contribution is 7.18. The fraction of sp³-hybridized carbons (Fsp3) is 0.458. The number of hydrogen-bond acceptors (Lipinski definition) is 5. The van der Waals surface area contributed by atoms with Gasteiger partial charge in [0.2, 0.25) is 5.91 Å². The van der Waals surface area contributed by atoms with E-state index in [1.54, 1.807) is 22.8 Å². The number of benzene rings is 1. The smallest absolute Gasteiger partial charge is 0.263 e. The van der Waals surface area contributed by atoms with Crippen LogP contribution in [0.2, 0.25) is 0 Å². The zero-order valence-corrected chi connectivity index (χ0v) is 19.5. The molecule has 0 spiro atoms. The number of hydrogen-bond donors (Lipinski definition) is 1. The molecule has 6 nitrogen and oxygen atoms in total. The molecular weight excluding hydrogens is 408 g/mol. The molecule has 1 unspecified atom stereocenters. The zero-order valence-electron chi connectivity index (χ0n) is 18.7. The van der Waals surface area contributed by atoms with Gasteiger partial charge in [0.25, 0.3) is 5.56 Å². The zero-order chi connectivity index (χ0) is 22.1. The minimum Gasteiger partial charge on any atom is -0.324 e. The number of likely N-dealkylation sites (tertiary alicyclic amines) is 1. The van der Waals surface area contributed by atoms with Crippen molar-refractivity contribution in [2.45, 2.75) is 59.5 Å². The van der Waals surface area contributed by atoms with Crippen LogP contribution in [0.5, 0.6) is 0 Å². The van der Waals surface area contributed by atoms with Crippen molar-refractivity contribution in [2.75, 3.05) is 18.4 Å². The van der Waals surface area contributed by atoms with Gasteiger partial charge in [-0.25, -0.2) is 4.98 Å². The van der Waals surface area contributed by atoms with E-state index in [1.807, 2.05) is 38.1 Å². The fourth-order valence-electron chi connectivity index (χ4n) is 4.19. The first-order chi connectivity index (χ1) is 14.9. The van der Waals surface area contributed by atoms with Crippen LogP contribution in [-0.4, -0.2) is 33.4 Å². The molecule has 1 amide bonds. The van der Waals surface area contributed by atoms with Crippen LogP contribution >= 0.6 is 11.3 Å². The number of aryl methyl sites for hydroxylation is 3. The van der Waals surface area contributed by atoms with Gasteiger partial charge in [-0.15, -0.1) is 11.3 Å². The number of thiophene rings is 1. The summed E-state index contributed by atoms with van der Waals surface area (Å²) in [6.07, 6.45) is 3.27. The maximum absolute atomic E-state index is 13.6. The third-order valence-electron chi connectivity index (χ3n) is 6.27. The van der Waals surface area contributed by atoms with E-state index in [0.717, 1.165) is 53.3 Å². The van der Waals surface area contributed by atoms with Crippen LogP contribution in [0.4, 0.5) is 5.69 Å². The molecule has 1 N–H and O–H groups in total. The highest BCUT2D eigenvalue weighted by atomic mass is 32.1. The van der Waals surface area contributed by atoms with Crippen molar-refractivity contribution in [3.63, 3.8) is 0 Å². The molecule has 0 radical (unpaired) electrons. The highest BCUT2D eigenvalue weighted by Gasteiger charge is 2.25. The molecule has 31 heavy (non-hydrogen) atoms. The Hall–Kier alpha value is -2.51. The summed E-state index contributed by atoms with van der Waals surface area (Å²) in [5.74, 6) is 0.462. The first-order valence-corrected chi connectivity index (χ1v) is 11.8. The third kappa shape index (κ3) is 4.29. The summed E-state index contributed by atoms with van der Waals surface area (Å²) < 4.78 is 1.61. The maximum Gasteiger partial charge on any atom is 0.263 e. The number of fused-ring (bicyclic) bond motifs is 1. The number of nitrogens with one attached hydrogen (secondary N) is 1. The molecule has 1 saturated heterocycles. The molecule has 1 fully saturated rings. The number of aromatic nitrogens is 2. The maximum atomic E-state index is 13.6. The first kappa shape index (κ1) is 21.7. The SMILES string of the molecule is CCc1ccc(NC(=O)C(C)n2c(CN3CCCC3)nc3sc(C)c(C)c3c2=O)cc1. The average molecular weight is 439 g/mol. The van der Waals surface area contributed by atoms with E-state index in [-0.39, 0.29) is 11.5 Å². The van der Waals surface area contributed by atoms with Gasteiger partial charge in [-0.2, -0.15) is 0 Å². The van der Waals surface area contributed by atoms with Crippen molar-refractivity contribution < 1.29 is 4.79 Å². The number of rotatable bonds is 6. The molecule has 0 aliphatic carbocycles. The van der Waals surface area contributed by atoms with Gasteiger partial charge in [0.1, 0.15) is 16.7 Å². The molecule has 4 rings (SSSR count). The van der Waals surface area contributed by atoms with Crippen molar-refractivity contribution in [3.8, 4) is 0 Å². The number of carbonyl (C=O) groups is 1. The Kier molecular flexibility index (Phi) is 6.25. The minimum absolute atomic E-state index is 0.120. The number of anilines is 1. The van der Waals surface area contributed by atoms with Crippen LogP contribution in [0.3, 0.4) is 0 Å². The second kappa shape index (κ2) is 8.93. The molecule has 3 heterocycles. The predicted molar refractivity (Wildman–Crippen MR) is 127 cm³/mol. The molecule has 2 aromatic heterocycles. The van der Waals surface area contributed by atoms with Gasteiger partial charge in [0.15, 0.2) is 0 Å². The second-order valence-electron chi connectivity index (χ2n) is 8.37. The van der Waals surface area contributed by atoms with E-state index < -0.39 is 6.04 Å². The van der Waals surface area contributed by atoms with Crippen molar-refractivity contribution in [2.24, 2.45) is 0 Å². The Labute approximate surface area is 186 Å². The minimum atomic E-state index is -0.660. The van der Waals surface area contributed by atoms with Crippen LogP contribution in [0.25, 0.3) is 10.2 Å². The van der Waals surface area contributed by atoms with Crippen LogP contribution < -0.4 is 10.9 Å². The molecule has 164 valence electrons. The van der Waals surface area contributed by atoms with E-state index >= 15 is 0 Å². The Morgan fingerprint density at radius 3 is 2.52 bits per heavy atom. The Bertz CT molecular complexity index is 1160. The topological polar surface area (TPSA) is 67.2 Å². The molecule has 1 atom stereocenters. The largest absolute Gasteiger partial charge is 0.324 e. The van der Waals surface area contributed by atoms with Gasteiger partial charge in [0, 0.05) is 10.6 Å². The van der Waals surface area contributed by atoms with E-state index in [1.165, 1.54) is 5.56 Å². The van der Waals surface area contributed by atoms with E-state index in [9.17, 15) is 9.59 Å². The molecular formula is C24H30N4O2S. The number of carbonyl (C=O) groups excluding carboxylic acids is 1. The normalized spacial score (nSPS) is 15.5. The number of amides is 1. The van der Waals surface area contributed by atoms with Crippen molar-refractivity contribution in [3.05, 3.63) is 56.4 Å². The molecule has 1 aromatic carbocycles. The first-order valence-electron chi connectivity index (χ1n) is 11.0. The molecule has 7 heteroatoms.